The van der Waals surface area contributed by atoms with Crippen molar-refractivity contribution in [1.29, 1.82) is 0 Å². The van der Waals surface area contributed by atoms with Gasteiger partial charge in [-0.05, 0) is 59.8 Å². The zero-order valence-corrected chi connectivity index (χ0v) is 22.8. The summed E-state index contributed by atoms with van der Waals surface area (Å²) in [5, 5.41) is 0. The molecular formula is C31H42N2O2. The third kappa shape index (κ3) is 5.63. The molecule has 2 aromatic carbocycles. The van der Waals surface area contributed by atoms with Crippen molar-refractivity contribution in [3.05, 3.63) is 70.8 Å². The van der Waals surface area contributed by atoms with Crippen molar-refractivity contribution >= 4 is 11.8 Å². The quantitative estimate of drug-likeness (QED) is 0.468. The van der Waals surface area contributed by atoms with Gasteiger partial charge in [-0.15, -0.1) is 0 Å². The highest BCUT2D eigenvalue weighted by atomic mass is 16.5. The Kier molecular flexibility index (Phi) is 6.87. The molecule has 0 bridgehead atoms. The zero-order valence-electron chi connectivity index (χ0n) is 22.8. The minimum Gasteiger partial charge on any atom is -0.478 e. The lowest BCUT2D eigenvalue weighted by atomic mass is 9.74. The summed E-state index contributed by atoms with van der Waals surface area (Å²) in [5.41, 5.74) is 4.80. The summed E-state index contributed by atoms with van der Waals surface area (Å²) >= 11 is 0. The molecule has 0 unspecified atom stereocenters. The van der Waals surface area contributed by atoms with Crippen LogP contribution >= 0.6 is 0 Å². The Morgan fingerprint density at radius 2 is 0.971 bits per heavy atom. The third-order valence-electron chi connectivity index (χ3n) is 7.07. The Balaban J connectivity index is 1.78. The molecule has 2 aromatic rings. The Bertz CT molecular complexity index is 993. The van der Waals surface area contributed by atoms with Gasteiger partial charge < -0.3 is 9.47 Å². The molecule has 4 rings (SSSR count). The predicted octanol–water partition coefficient (Wildman–Crippen LogP) is 6.69. The van der Waals surface area contributed by atoms with E-state index in [4.69, 9.17) is 19.5 Å². The van der Waals surface area contributed by atoms with E-state index < -0.39 is 5.41 Å². The molecule has 35 heavy (non-hydrogen) atoms. The average molecular weight is 475 g/mol. The first-order valence-electron chi connectivity index (χ1n) is 13.0. The fraction of sp³-hybridized carbons (Fsp3) is 0.548. The van der Waals surface area contributed by atoms with Crippen LogP contribution in [0.15, 0.2) is 58.5 Å². The maximum Gasteiger partial charge on any atom is 0.200 e. The van der Waals surface area contributed by atoms with E-state index in [0.717, 1.165) is 24.6 Å². The average Bonchev–Trinajstić information content (AvgIpc) is 3.41. The van der Waals surface area contributed by atoms with Crippen molar-refractivity contribution in [3.63, 3.8) is 0 Å². The molecule has 0 N–H and O–H groups in total. The fourth-order valence-corrected chi connectivity index (χ4v) is 4.87. The topological polar surface area (TPSA) is 43.2 Å². The summed E-state index contributed by atoms with van der Waals surface area (Å²) in [7, 11) is 0. The van der Waals surface area contributed by atoms with Gasteiger partial charge in [-0.3, -0.25) is 0 Å². The maximum atomic E-state index is 6.27. The summed E-state index contributed by atoms with van der Waals surface area (Å²) in [5.74, 6) is 1.52. The normalized spacial score (nSPS) is 20.8. The van der Waals surface area contributed by atoms with E-state index in [2.05, 4.69) is 104 Å². The fourth-order valence-electron chi connectivity index (χ4n) is 4.87. The van der Waals surface area contributed by atoms with Gasteiger partial charge in [0.2, 0.25) is 0 Å². The molecule has 0 amide bonds. The first-order chi connectivity index (χ1) is 16.4. The van der Waals surface area contributed by atoms with E-state index in [1.54, 1.807) is 0 Å². The Morgan fingerprint density at radius 3 is 1.23 bits per heavy atom. The molecule has 2 heterocycles. The molecule has 2 atom stereocenters. The van der Waals surface area contributed by atoms with Crippen LogP contribution < -0.4 is 0 Å². The van der Waals surface area contributed by atoms with E-state index in [1.165, 1.54) is 22.3 Å². The van der Waals surface area contributed by atoms with E-state index >= 15 is 0 Å². The highest BCUT2D eigenvalue weighted by Gasteiger charge is 2.48. The lowest BCUT2D eigenvalue weighted by molar-refractivity contribution is 0.251. The van der Waals surface area contributed by atoms with Crippen LogP contribution in [0.3, 0.4) is 0 Å². The molecule has 0 saturated heterocycles. The van der Waals surface area contributed by atoms with Crippen LogP contribution in [-0.4, -0.2) is 37.1 Å². The van der Waals surface area contributed by atoms with E-state index in [9.17, 15) is 0 Å². The molecule has 188 valence electrons. The smallest absolute Gasteiger partial charge is 0.200 e. The number of hydrogen-bond donors (Lipinski definition) is 0. The summed E-state index contributed by atoms with van der Waals surface area (Å²) in [6.45, 7) is 18.9. The second kappa shape index (κ2) is 9.44. The highest BCUT2D eigenvalue weighted by molar-refractivity contribution is 6.06. The Hall–Kier alpha value is -2.62. The molecule has 0 aromatic heterocycles. The Labute approximate surface area is 211 Å². The molecule has 0 fully saturated rings. The lowest BCUT2D eigenvalue weighted by Gasteiger charge is -2.33. The SMILES string of the molecule is C[C@@H]1COC(C(Cc2ccc(C(C)(C)C)cc2)(Cc2ccc(C(C)(C)C)cc2)C2=N[C@H](C)CO2)=N1. The van der Waals surface area contributed by atoms with Gasteiger partial charge in [0.25, 0.3) is 0 Å². The van der Waals surface area contributed by atoms with Gasteiger partial charge in [0.1, 0.15) is 18.6 Å². The number of nitrogens with zero attached hydrogens (tertiary/aromatic N) is 2. The number of benzene rings is 2. The molecular weight excluding hydrogens is 432 g/mol. The third-order valence-corrected chi connectivity index (χ3v) is 7.07. The summed E-state index contributed by atoms with van der Waals surface area (Å²) in [4.78, 5) is 9.94. The molecule has 4 heteroatoms. The molecule has 4 nitrogen and oxygen atoms in total. The van der Waals surface area contributed by atoms with Gasteiger partial charge in [-0.25, -0.2) is 9.98 Å². The molecule has 0 aliphatic carbocycles. The zero-order chi connectivity index (χ0) is 25.4. The molecule has 0 spiro atoms. The van der Waals surface area contributed by atoms with Crippen molar-refractivity contribution in [2.75, 3.05) is 13.2 Å². The van der Waals surface area contributed by atoms with Crippen molar-refractivity contribution < 1.29 is 9.47 Å². The predicted molar refractivity (Wildman–Crippen MR) is 146 cm³/mol. The number of rotatable bonds is 6. The first-order valence-corrected chi connectivity index (χ1v) is 13.0. The van der Waals surface area contributed by atoms with Gasteiger partial charge >= 0.3 is 0 Å². The summed E-state index contributed by atoms with van der Waals surface area (Å²) in [6, 6.07) is 18.2. The van der Waals surface area contributed by atoms with E-state index in [1.807, 2.05) is 0 Å². The van der Waals surface area contributed by atoms with Crippen molar-refractivity contribution in [2.45, 2.75) is 91.1 Å². The van der Waals surface area contributed by atoms with Gasteiger partial charge in [0.05, 0.1) is 12.1 Å². The van der Waals surface area contributed by atoms with Gasteiger partial charge in [0, 0.05) is 0 Å². The Morgan fingerprint density at radius 1 is 0.629 bits per heavy atom. The van der Waals surface area contributed by atoms with Crippen molar-refractivity contribution in [3.8, 4) is 0 Å². The molecule has 2 aliphatic rings. The van der Waals surface area contributed by atoms with Crippen LogP contribution in [0.5, 0.6) is 0 Å². The van der Waals surface area contributed by atoms with Gasteiger partial charge in [0.15, 0.2) is 11.8 Å². The van der Waals surface area contributed by atoms with Crippen LogP contribution in [0.2, 0.25) is 0 Å². The molecule has 0 saturated carbocycles. The van der Waals surface area contributed by atoms with Crippen LogP contribution in [0, 0.1) is 5.41 Å². The summed E-state index contributed by atoms with van der Waals surface area (Å²) in [6.07, 6.45) is 1.46. The maximum absolute atomic E-state index is 6.27. The molecule has 0 radical (unpaired) electrons. The van der Waals surface area contributed by atoms with Crippen LogP contribution in [0.1, 0.15) is 77.6 Å². The van der Waals surface area contributed by atoms with Crippen LogP contribution in [0.25, 0.3) is 0 Å². The summed E-state index contributed by atoms with van der Waals surface area (Å²) < 4.78 is 12.5. The number of aliphatic imine (C=N–C) groups is 2. The minimum absolute atomic E-state index is 0.118. The van der Waals surface area contributed by atoms with Crippen molar-refractivity contribution in [1.82, 2.24) is 0 Å². The van der Waals surface area contributed by atoms with Crippen LogP contribution in [-0.2, 0) is 33.1 Å². The standard InChI is InChI=1S/C31H42N2O2/c1-21-19-34-27(32-21)31(28-33-22(2)20-35-28,17-23-9-13-25(14-10-23)29(3,4)5)18-24-11-15-26(16-12-24)30(6,7)8/h9-16,21-22H,17-20H2,1-8H3/t21-,22-/m1/s1. The highest BCUT2D eigenvalue weighted by Crippen LogP contribution is 2.38. The number of hydrogen-bond acceptors (Lipinski definition) is 4. The lowest BCUT2D eigenvalue weighted by Crippen LogP contribution is -2.44. The monoisotopic (exact) mass is 474 g/mol. The van der Waals surface area contributed by atoms with Gasteiger partial charge in [-0.1, -0.05) is 90.1 Å². The van der Waals surface area contributed by atoms with Crippen molar-refractivity contribution in [2.24, 2.45) is 15.4 Å². The van der Waals surface area contributed by atoms with Crippen LogP contribution in [0.4, 0.5) is 0 Å². The largest absolute Gasteiger partial charge is 0.478 e. The van der Waals surface area contributed by atoms with Gasteiger partial charge in [-0.2, -0.15) is 0 Å². The minimum atomic E-state index is -0.567. The second-order valence-corrected chi connectivity index (χ2v) is 12.5. The van der Waals surface area contributed by atoms with E-state index in [0.29, 0.717) is 13.2 Å². The van der Waals surface area contributed by atoms with E-state index in [-0.39, 0.29) is 22.9 Å². The number of ether oxygens (including phenoxy) is 2. The second-order valence-electron chi connectivity index (χ2n) is 12.5. The molecule has 2 aliphatic heterocycles. The first kappa shape index (κ1) is 25.5.